The van der Waals surface area contributed by atoms with Gasteiger partial charge in [0.25, 0.3) is 0 Å². The summed E-state index contributed by atoms with van der Waals surface area (Å²) in [5, 5.41) is 25.5. The number of carboxylic acids is 1. The molecule has 1 aromatic carbocycles. The summed E-state index contributed by atoms with van der Waals surface area (Å²) in [5.41, 5.74) is 1.28. The Hall–Kier alpha value is -2.72. The SMILES string of the molecule is COCc1c(C#N)nnn1-c1cccc(C(=O)O)c1. The van der Waals surface area contributed by atoms with Crippen LogP contribution in [0.15, 0.2) is 24.3 Å². The van der Waals surface area contributed by atoms with Gasteiger partial charge in [-0.3, -0.25) is 0 Å². The Morgan fingerprint density at radius 2 is 2.37 bits per heavy atom. The van der Waals surface area contributed by atoms with Gasteiger partial charge < -0.3 is 9.84 Å². The second kappa shape index (κ2) is 5.29. The molecule has 19 heavy (non-hydrogen) atoms. The first-order valence-corrected chi connectivity index (χ1v) is 5.34. The van der Waals surface area contributed by atoms with Gasteiger partial charge in [-0.1, -0.05) is 11.3 Å². The molecular formula is C12H10N4O3. The summed E-state index contributed by atoms with van der Waals surface area (Å²) < 4.78 is 6.40. The summed E-state index contributed by atoms with van der Waals surface area (Å²) in [5.74, 6) is -1.03. The number of ether oxygens (including phenoxy) is 1. The Balaban J connectivity index is 2.53. The molecule has 0 aliphatic heterocycles. The molecule has 0 spiro atoms. The number of benzene rings is 1. The highest BCUT2D eigenvalue weighted by Gasteiger charge is 2.14. The predicted octanol–water partition coefficient (Wildman–Crippen LogP) is 0.984. The number of hydrogen-bond donors (Lipinski definition) is 1. The summed E-state index contributed by atoms with van der Waals surface area (Å²) in [7, 11) is 1.49. The van der Waals surface area contributed by atoms with Crippen molar-refractivity contribution in [3.05, 3.63) is 41.2 Å². The molecule has 0 aliphatic carbocycles. The van der Waals surface area contributed by atoms with E-state index in [1.807, 2.05) is 6.07 Å². The molecule has 2 aromatic rings. The minimum absolute atomic E-state index is 0.134. The molecule has 0 atom stereocenters. The third-order valence-corrected chi connectivity index (χ3v) is 2.49. The number of rotatable bonds is 4. The lowest BCUT2D eigenvalue weighted by molar-refractivity contribution is 0.0697. The number of aromatic nitrogens is 3. The molecule has 7 heteroatoms. The first-order chi connectivity index (χ1) is 9.17. The first kappa shape index (κ1) is 12.7. The van der Waals surface area contributed by atoms with Gasteiger partial charge in [-0.15, -0.1) is 5.10 Å². The zero-order valence-corrected chi connectivity index (χ0v) is 10.1. The van der Waals surface area contributed by atoms with Crippen molar-refractivity contribution in [2.24, 2.45) is 0 Å². The quantitative estimate of drug-likeness (QED) is 0.877. The fraction of sp³-hybridized carbons (Fsp3) is 0.167. The minimum atomic E-state index is -1.03. The summed E-state index contributed by atoms with van der Waals surface area (Å²) in [6.07, 6.45) is 0. The molecule has 0 bridgehead atoms. The molecule has 7 nitrogen and oxygen atoms in total. The Bertz CT molecular complexity index is 657. The lowest BCUT2D eigenvalue weighted by Gasteiger charge is -2.06. The number of carbonyl (C=O) groups is 1. The summed E-state index contributed by atoms with van der Waals surface area (Å²) in [4.78, 5) is 10.9. The van der Waals surface area contributed by atoms with Crippen molar-refractivity contribution in [2.45, 2.75) is 6.61 Å². The van der Waals surface area contributed by atoms with Crippen LogP contribution in [0.25, 0.3) is 5.69 Å². The smallest absolute Gasteiger partial charge is 0.335 e. The largest absolute Gasteiger partial charge is 0.478 e. The van der Waals surface area contributed by atoms with E-state index in [9.17, 15) is 4.79 Å². The van der Waals surface area contributed by atoms with Gasteiger partial charge in [-0.2, -0.15) is 5.26 Å². The maximum Gasteiger partial charge on any atom is 0.335 e. The van der Waals surface area contributed by atoms with Crippen molar-refractivity contribution < 1.29 is 14.6 Å². The molecule has 0 radical (unpaired) electrons. The van der Waals surface area contributed by atoms with Crippen LogP contribution in [0.3, 0.4) is 0 Å². The number of carboxylic acid groups (broad SMARTS) is 1. The highest BCUT2D eigenvalue weighted by molar-refractivity contribution is 5.88. The molecule has 0 amide bonds. The maximum absolute atomic E-state index is 10.9. The van der Waals surface area contributed by atoms with E-state index in [1.165, 1.54) is 23.9 Å². The summed E-state index contributed by atoms with van der Waals surface area (Å²) >= 11 is 0. The molecule has 1 aromatic heterocycles. The molecule has 0 aliphatic rings. The average molecular weight is 258 g/mol. The molecule has 96 valence electrons. The van der Waals surface area contributed by atoms with Crippen LogP contribution >= 0.6 is 0 Å². The average Bonchev–Trinajstić information content (AvgIpc) is 2.82. The van der Waals surface area contributed by atoms with Crippen LogP contribution in [0.1, 0.15) is 21.7 Å². The lowest BCUT2D eigenvalue weighted by Crippen LogP contribution is -2.06. The van der Waals surface area contributed by atoms with Gasteiger partial charge in [-0.05, 0) is 18.2 Å². The fourth-order valence-corrected chi connectivity index (χ4v) is 1.63. The number of hydrogen-bond acceptors (Lipinski definition) is 5. The van der Waals surface area contributed by atoms with Gasteiger partial charge in [0.2, 0.25) is 0 Å². The van der Waals surface area contributed by atoms with Crippen LogP contribution in [0.5, 0.6) is 0 Å². The molecular weight excluding hydrogens is 248 g/mol. The summed E-state index contributed by atoms with van der Waals surface area (Å²) in [6, 6.07) is 8.13. The van der Waals surface area contributed by atoms with Crippen LogP contribution in [0, 0.1) is 11.3 Å². The minimum Gasteiger partial charge on any atom is -0.478 e. The molecule has 1 N–H and O–H groups in total. The number of aromatic carboxylic acids is 1. The van der Waals surface area contributed by atoms with Crippen molar-refractivity contribution in [1.82, 2.24) is 15.0 Å². The van der Waals surface area contributed by atoms with E-state index in [0.29, 0.717) is 11.4 Å². The second-order valence-corrected chi connectivity index (χ2v) is 3.70. The Morgan fingerprint density at radius 1 is 1.58 bits per heavy atom. The van der Waals surface area contributed by atoms with Crippen molar-refractivity contribution in [1.29, 1.82) is 5.26 Å². The second-order valence-electron chi connectivity index (χ2n) is 3.70. The Morgan fingerprint density at radius 3 is 3.00 bits per heavy atom. The molecule has 0 fully saturated rings. The lowest BCUT2D eigenvalue weighted by atomic mass is 10.2. The summed E-state index contributed by atoms with van der Waals surface area (Å²) in [6.45, 7) is 0.160. The van der Waals surface area contributed by atoms with Crippen LogP contribution in [-0.2, 0) is 11.3 Å². The van der Waals surface area contributed by atoms with Crippen molar-refractivity contribution in [2.75, 3.05) is 7.11 Å². The molecule has 1 heterocycles. The first-order valence-electron chi connectivity index (χ1n) is 5.34. The standard InChI is InChI=1S/C12H10N4O3/c1-19-7-11-10(6-13)14-15-16(11)9-4-2-3-8(5-9)12(17)18/h2-5H,7H2,1H3,(H,17,18). The monoisotopic (exact) mass is 258 g/mol. The maximum atomic E-state index is 10.9. The van der Waals surface area contributed by atoms with Crippen molar-refractivity contribution >= 4 is 5.97 Å². The van der Waals surface area contributed by atoms with E-state index >= 15 is 0 Å². The molecule has 0 saturated carbocycles. The molecule has 0 saturated heterocycles. The number of nitriles is 1. The van der Waals surface area contributed by atoms with E-state index in [2.05, 4.69) is 10.3 Å². The normalized spacial score (nSPS) is 10.1. The van der Waals surface area contributed by atoms with Crippen molar-refractivity contribution in [3.63, 3.8) is 0 Å². The van der Waals surface area contributed by atoms with E-state index < -0.39 is 5.97 Å². The van der Waals surface area contributed by atoms with Gasteiger partial charge in [0.15, 0.2) is 5.69 Å². The molecule has 2 rings (SSSR count). The molecule has 0 unspecified atom stereocenters. The fourth-order valence-electron chi connectivity index (χ4n) is 1.63. The third kappa shape index (κ3) is 2.43. The van der Waals surface area contributed by atoms with E-state index in [-0.39, 0.29) is 17.9 Å². The van der Waals surface area contributed by atoms with Gasteiger partial charge in [0.05, 0.1) is 17.9 Å². The highest BCUT2D eigenvalue weighted by atomic mass is 16.5. The Kier molecular flexibility index (Phi) is 3.54. The van der Waals surface area contributed by atoms with E-state index in [4.69, 9.17) is 15.1 Å². The predicted molar refractivity (Wildman–Crippen MR) is 63.7 cm³/mol. The zero-order valence-electron chi connectivity index (χ0n) is 10.1. The highest BCUT2D eigenvalue weighted by Crippen LogP contribution is 2.15. The van der Waals surface area contributed by atoms with Crippen LogP contribution < -0.4 is 0 Å². The van der Waals surface area contributed by atoms with Gasteiger partial charge >= 0.3 is 5.97 Å². The topological polar surface area (TPSA) is 101 Å². The van der Waals surface area contributed by atoms with Gasteiger partial charge in [-0.25, -0.2) is 9.48 Å². The van der Waals surface area contributed by atoms with Crippen molar-refractivity contribution in [3.8, 4) is 11.8 Å². The van der Waals surface area contributed by atoms with E-state index in [0.717, 1.165) is 0 Å². The third-order valence-electron chi connectivity index (χ3n) is 2.49. The van der Waals surface area contributed by atoms with Crippen LogP contribution in [0.2, 0.25) is 0 Å². The van der Waals surface area contributed by atoms with Gasteiger partial charge in [0, 0.05) is 7.11 Å². The zero-order chi connectivity index (χ0) is 13.8. The Labute approximate surface area is 108 Å². The van der Waals surface area contributed by atoms with E-state index in [1.54, 1.807) is 12.1 Å². The van der Waals surface area contributed by atoms with Crippen LogP contribution in [0.4, 0.5) is 0 Å². The number of methoxy groups -OCH3 is 1. The number of nitrogens with zero attached hydrogens (tertiary/aromatic N) is 4. The van der Waals surface area contributed by atoms with Crippen LogP contribution in [-0.4, -0.2) is 33.2 Å². The van der Waals surface area contributed by atoms with Gasteiger partial charge in [0.1, 0.15) is 11.8 Å².